The van der Waals surface area contributed by atoms with Gasteiger partial charge < -0.3 is 10.4 Å². The van der Waals surface area contributed by atoms with Crippen LogP contribution in [0.1, 0.15) is 5.56 Å². The van der Waals surface area contributed by atoms with Crippen LogP contribution in [0, 0.1) is 11.3 Å². The van der Waals surface area contributed by atoms with Crippen LogP contribution >= 0.6 is 0 Å². The summed E-state index contributed by atoms with van der Waals surface area (Å²) in [5.41, 5.74) is 0.774. The largest absolute Gasteiger partial charge is 0.480 e. The number of benzene rings is 1. The summed E-state index contributed by atoms with van der Waals surface area (Å²) in [5.74, 6) is -1.43. The summed E-state index contributed by atoms with van der Waals surface area (Å²) in [5, 5.41) is 22.1. The molecular weight excluding hydrogens is 222 g/mol. The van der Waals surface area contributed by atoms with E-state index in [-0.39, 0.29) is 13.1 Å². The van der Waals surface area contributed by atoms with Crippen molar-refractivity contribution in [2.75, 3.05) is 18.4 Å². The summed E-state index contributed by atoms with van der Waals surface area (Å²) < 4.78 is 0. The third-order valence-corrected chi connectivity index (χ3v) is 1.88. The molecule has 0 heterocycles. The number of amides is 1. The first-order valence-corrected chi connectivity index (χ1v) is 4.85. The zero-order valence-corrected chi connectivity index (χ0v) is 8.93. The van der Waals surface area contributed by atoms with E-state index < -0.39 is 11.9 Å². The van der Waals surface area contributed by atoms with Crippen molar-refractivity contribution in [1.29, 1.82) is 5.26 Å². The number of nitrogens with one attached hydrogen (secondary N) is 2. The maximum absolute atomic E-state index is 11.4. The molecule has 17 heavy (non-hydrogen) atoms. The van der Waals surface area contributed by atoms with Crippen LogP contribution in [0.2, 0.25) is 0 Å². The molecule has 0 atom stereocenters. The number of anilines is 1. The van der Waals surface area contributed by atoms with Crippen LogP contribution in [0.5, 0.6) is 0 Å². The number of hydrogen-bond donors (Lipinski definition) is 3. The zero-order chi connectivity index (χ0) is 12.7. The van der Waals surface area contributed by atoms with Crippen molar-refractivity contribution in [3.05, 3.63) is 29.8 Å². The Kier molecular flexibility index (Phi) is 4.66. The molecule has 88 valence electrons. The standard InChI is InChI=1S/C11H11N3O3/c12-5-8-3-1-2-4-9(8)14-10(15)6-13-7-11(16)17/h1-4,13H,6-7H2,(H,14,15)(H,16,17). The number of rotatable bonds is 5. The number of nitrogens with zero attached hydrogens (tertiary/aromatic N) is 1. The van der Waals surface area contributed by atoms with Crippen molar-refractivity contribution >= 4 is 17.6 Å². The number of aliphatic carboxylic acids is 1. The SMILES string of the molecule is N#Cc1ccccc1NC(=O)CNCC(=O)O. The molecule has 0 spiro atoms. The Labute approximate surface area is 97.9 Å². The fourth-order valence-corrected chi connectivity index (χ4v) is 1.17. The summed E-state index contributed by atoms with van der Waals surface area (Å²) >= 11 is 0. The number of carboxylic acids is 1. The third-order valence-electron chi connectivity index (χ3n) is 1.88. The predicted octanol–water partition coefficient (Wildman–Crippen LogP) is 0.171. The highest BCUT2D eigenvalue weighted by molar-refractivity contribution is 5.93. The number of carboxylic acid groups (broad SMARTS) is 1. The average molecular weight is 233 g/mol. The van der Waals surface area contributed by atoms with Gasteiger partial charge in [0.1, 0.15) is 6.07 Å². The topological polar surface area (TPSA) is 102 Å². The van der Waals surface area contributed by atoms with Crippen molar-refractivity contribution in [3.63, 3.8) is 0 Å². The Morgan fingerprint density at radius 3 is 2.65 bits per heavy atom. The normalized spacial score (nSPS) is 9.35. The van der Waals surface area contributed by atoms with Gasteiger partial charge in [0.2, 0.25) is 5.91 Å². The number of nitriles is 1. The molecule has 0 saturated heterocycles. The van der Waals surface area contributed by atoms with E-state index in [1.165, 1.54) is 0 Å². The van der Waals surface area contributed by atoms with E-state index in [1.54, 1.807) is 24.3 Å². The van der Waals surface area contributed by atoms with Crippen molar-refractivity contribution in [3.8, 4) is 6.07 Å². The van der Waals surface area contributed by atoms with Gasteiger partial charge in [0.15, 0.2) is 0 Å². The van der Waals surface area contributed by atoms with Crippen LogP contribution in [-0.2, 0) is 9.59 Å². The second-order valence-electron chi connectivity index (χ2n) is 3.20. The van der Waals surface area contributed by atoms with Crippen LogP contribution < -0.4 is 10.6 Å². The smallest absolute Gasteiger partial charge is 0.317 e. The first kappa shape index (κ1) is 12.7. The average Bonchev–Trinajstić information content (AvgIpc) is 2.29. The zero-order valence-electron chi connectivity index (χ0n) is 8.93. The maximum Gasteiger partial charge on any atom is 0.317 e. The minimum atomic E-state index is -1.03. The summed E-state index contributed by atoms with van der Waals surface area (Å²) in [6, 6.07) is 8.52. The molecule has 0 bridgehead atoms. The summed E-state index contributed by atoms with van der Waals surface area (Å²) in [6.07, 6.45) is 0. The van der Waals surface area contributed by atoms with Gasteiger partial charge in [0, 0.05) is 0 Å². The molecule has 1 aromatic carbocycles. The molecule has 0 aromatic heterocycles. The Bertz CT molecular complexity index is 465. The molecular formula is C11H11N3O3. The highest BCUT2D eigenvalue weighted by Gasteiger charge is 2.06. The number of hydrogen-bond acceptors (Lipinski definition) is 4. The second-order valence-corrected chi connectivity index (χ2v) is 3.20. The van der Waals surface area contributed by atoms with Crippen molar-refractivity contribution in [2.45, 2.75) is 0 Å². The van der Waals surface area contributed by atoms with E-state index in [1.807, 2.05) is 6.07 Å². The lowest BCUT2D eigenvalue weighted by atomic mass is 10.2. The van der Waals surface area contributed by atoms with Gasteiger partial charge in [-0.05, 0) is 12.1 Å². The lowest BCUT2D eigenvalue weighted by molar-refractivity contribution is -0.135. The molecule has 0 aliphatic heterocycles. The third kappa shape index (κ3) is 4.32. The number of carbonyl (C=O) groups excluding carboxylic acids is 1. The van der Waals surface area contributed by atoms with Crippen LogP contribution in [0.4, 0.5) is 5.69 Å². The number of para-hydroxylation sites is 1. The lowest BCUT2D eigenvalue weighted by Crippen LogP contribution is -2.31. The van der Waals surface area contributed by atoms with E-state index in [0.29, 0.717) is 11.3 Å². The molecule has 0 aliphatic rings. The molecule has 0 saturated carbocycles. The van der Waals surface area contributed by atoms with Crippen LogP contribution in [0.15, 0.2) is 24.3 Å². The minimum Gasteiger partial charge on any atom is -0.480 e. The van der Waals surface area contributed by atoms with Gasteiger partial charge in [-0.15, -0.1) is 0 Å². The van der Waals surface area contributed by atoms with Gasteiger partial charge >= 0.3 is 5.97 Å². The van der Waals surface area contributed by atoms with Crippen LogP contribution in [0.3, 0.4) is 0 Å². The fourth-order valence-electron chi connectivity index (χ4n) is 1.17. The molecule has 1 rings (SSSR count). The molecule has 0 fully saturated rings. The lowest BCUT2D eigenvalue weighted by Gasteiger charge is -2.06. The van der Waals surface area contributed by atoms with Crippen LogP contribution in [0.25, 0.3) is 0 Å². The van der Waals surface area contributed by atoms with Gasteiger partial charge in [-0.2, -0.15) is 5.26 Å². The van der Waals surface area contributed by atoms with Gasteiger partial charge in [0.05, 0.1) is 24.3 Å². The molecule has 0 radical (unpaired) electrons. The highest BCUT2D eigenvalue weighted by Crippen LogP contribution is 2.12. The Morgan fingerprint density at radius 2 is 2.00 bits per heavy atom. The molecule has 1 amide bonds. The quantitative estimate of drug-likeness (QED) is 0.672. The summed E-state index contributed by atoms with van der Waals surface area (Å²) in [7, 11) is 0. The van der Waals surface area contributed by atoms with Crippen molar-refractivity contribution in [1.82, 2.24) is 5.32 Å². The predicted molar refractivity (Wildman–Crippen MR) is 60.3 cm³/mol. The number of carbonyl (C=O) groups is 2. The van der Waals surface area contributed by atoms with E-state index in [9.17, 15) is 9.59 Å². The Balaban J connectivity index is 2.51. The Morgan fingerprint density at radius 1 is 1.29 bits per heavy atom. The van der Waals surface area contributed by atoms with Crippen LogP contribution in [-0.4, -0.2) is 30.1 Å². The van der Waals surface area contributed by atoms with Gasteiger partial charge in [0.25, 0.3) is 0 Å². The van der Waals surface area contributed by atoms with E-state index in [2.05, 4.69) is 10.6 Å². The maximum atomic E-state index is 11.4. The van der Waals surface area contributed by atoms with Gasteiger partial charge in [-0.25, -0.2) is 0 Å². The first-order chi connectivity index (χ1) is 8.13. The van der Waals surface area contributed by atoms with E-state index in [0.717, 1.165) is 0 Å². The van der Waals surface area contributed by atoms with E-state index in [4.69, 9.17) is 10.4 Å². The molecule has 0 aliphatic carbocycles. The second kappa shape index (κ2) is 6.25. The van der Waals surface area contributed by atoms with Crippen molar-refractivity contribution < 1.29 is 14.7 Å². The van der Waals surface area contributed by atoms with Crippen molar-refractivity contribution in [2.24, 2.45) is 0 Å². The molecule has 0 unspecified atom stereocenters. The van der Waals surface area contributed by atoms with E-state index >= 15 is 0 Å². The molecule has 6 heteroatoms. The van der Waals surface area contributed by atoms with Gasteiger partial charge in [-0.3, -0.25) is 14.9 Å². The summed E-state index contributed by atoms with van der Waals surface area (Å²) in [4.78, 5) is 21.6. The first-order valence-electron chi connectivity index (χ1n) is 4.85. The highest BCUT2D eigenvalue weighted by atomic mass is 16.4. The Hall–Kier alpha value is -2.39. The minimum absolute atomic E-state index is 0.119. The van der Waals surface area contributed by atoms with Gasteiger partial charge in [-0.1, -0.05) is 12.1 Å². The summed E-state index contributed by atoms with van der Waals surface area (Å²) in [6.45, 7) is -0.403. The molecule has 3 N–H and O–H groups in total. The monoisotopic (exact) mass is 233 g/mol. The molecule has 1 aromatic rings. The fraction of sp³-hybridized carbons (Fsp3) is 0.182. The molecule has 6 nitrogen and oxygen atoms in total.